The van der Waals surface area contributed by atoms with E-state index in [1.165, 1.54) is 0 Å². The topological polar surface area (TPSA) is 38.0 Å². The zero-order chi connectivity index (χ0) is 7.23. The second-order valence-electron chi connectivity index (χ2n) is 2.08. The predicted molar refractivity (Wildman–Crippen MR) is 44.0 cm³/mol. The number of para-hydroxylation sites is 1. The first-order valence-corrected chi connectivity index (χ1v) is 3.42. The molecule has 0 radical (unpaired) electrons. The third kappa shape index (κ3) is 4.38. The van der Waals surface area contributed by atoms with Crippen LogP contribution in [0.2, 0.25) is 0 Å². The molecule has 0 aliphatic heterocycles. The van der Waals surface area contributed by atoms with Crippen molar-refractivity contribution in [2.45, 2.75) is 0 Å². The maximum atomic E-state index is 5.31. The van der Waals surface area contributed by atoms with Crippen LogP contribution in [0.1, 0.15) is 0 Å². The molecule has 0 fully saturated rings. The minimum Gasteiger partial charge on any atom is -0.384 e. The molecule has 0 aliphatic rings. The largest absolute Gasteiger partial charge is 0.384 e. The minimum atomic E-state index is 0. The fraction of sp³-hybridized carbons (Fsp3) is 0.250. The van der Waals surface area contributed by atoms with E-state index >= 15 is 0 Å². The van der Waals surface area contributed by atoms with Crippen LogP contribution < -0.4 is 11.1 Å². The van der Waals surface area contributed by atoms with Crippen molar-refractivity contribution >= 4 is 5.69 Å². The second kappa shape index (κ2) is 6.61. The van der Waals surface area contributed by atoms with Gasteiger partial charge in [-0.15, -0.1) is 0 Å². The Bertz CT molecular complexity index is 177. The first-order valence-electron chi connectivity index (χ1n) is 3.42. The number of hydrogen-bond donors (Lipinski definition) is 2. The first-order chi connectivity index (χ1) is 4.93. The molecular formula is C8H12HgN2. The molecule has 0 saturated heterocycles. The molecule has 2 nitrogen and oxygen atoms in total. The molecule has 0 heterocycles. The van der Waals surface area contributed by atoms with E-state index in [2.05, 4.69) is 5.32 Å². The third-order valence-corrected chi connectivity index (χ3v) is 1.25. The van der Waals surface area contributed by atoms with Crippen LogP contribution in [0.3, 0.4) is 0 Å². The maximum Gasteiger partial charge on any atom is 0.0340 e. The maximum absolute atomic E-state index is 5.31. The summed E-state index contributed by atoms with van der Waals surface area (Å²) in [6.07, 6.45) is 0. The number of nitrogens with one attached hydrogen (secondary N) is 1. The van der Waals surface area contributed by atoms with Crippen LogP contribution in [0.15, 0.2) is 30.3 Å². The van der Waals surface area contributed by atoms with Crippen molar-refractivity contribution < 1.29 is 27.7 Å². The summed E-state index contributed by atoms with van der Waals surface area (Å²) in [4.78, 5) is 0. The van der Waals surface area contributed by atoms with Crippen molar-refractivity contribution in [2.24, 2.45) is 5.73 Å². The van der Waals surface area contributed by atoms with Crippen molar-refractivity contribution in [3.05, 3.63) is 30.3 Å². The number of benzene rings is 1. The summed E-state index contributed by atoms with van der Waals surface area (Å²) in [6, 6.07) is 10.0. The van der Waals surface area contributed by atoms with Gasteiger partial charge in [0.1, 0.15) is 0 Å². The average molecular weight is 337 g/mol. The monoisotopic (exact) mass is 338 g/mol. The third-order valence-electron chi connectivity index (χ3n) is 1.25. The van der Waals surface area contributed by atoms with Gasteiger partial charge in [-0.3, -0.25) is 0 Å². The smallest absolute Gasteiger partial charge is 0.0340 e. The fourth-order valence-electron chi connectivity index (χ4n) is 0.773. The van der Waals surface area contributed by atoms with E-state index in [4.69, 9.17) is 5.73 Å². The quantitative estimate of drug-likeness (QED) is 0.810. The zero-order valence-corrected chi connectivity index (χ0v) is 12.1. The Morgan fingerprint density at radius 1 is 1.18 bits per heavy atom. The van der Waals surface area contributed by atoms with E-state index < -0.39 is 0 Å². The van der Waals surface area contributed by atoms with Crippen LogP contribution in [0.25, 0.3) is 0 Å². The van der Waals surface area contributed by atoms with Gasteiger partial charge in [-0.25, -0.2) is 0 Å². The Hall–Kier alpha value is -0.0849. The van der Waals surface area contributed by atoms with E-state index in [-0.39, 0.29) is 27.7 Å². The fourth-order valence-corrected chi connectivity index (χ4v) is 0.773. The molecule has 3 heteroatoms. The molecule has 0 atom stereocenters. The van der Waals surface area contributed by atoms with Crippen molar-refractivity contribution in [2.75, 3.05) is 18.4 Å². The Labute approximate surface area is 87.7 Å². The Morgan fingerprint density at radius 2 is 1.82 bits per heavy atom. The van der Waals surface area contributed by atoms with Crippen LogP contribution in [-0.4, -0.2) is 13.1 Å². The molecule has 0 spiro atoms. The van der Waals surface area contributed by atoms with Crippen LogP contribution in [0.4, 0.5) is 5.69 Å². The summed E-state index contributed by atoms with van der Waals surface area (Å²) in [7, 11) is 0. The van der Waals surface area contributed by atoms with E-state index in [0.717, 1.165) is 12.2 Å². The molecule has 0 aliphatic carbocycles. The van der Waals surface area contributed by atoms with Crippen molar-refractivity contribution in [3.63, 3.8) is 0 Å². The van der Waals surface area contributed by atoms with Gasteiger partial charge < -0.3 is 11.1 Å². The summed E-state index contributed by atoms with van der Waals surface area (Å²) in [5.41, 5.74) is 6.45. The zero-order valence-electron chi connectivity index (χ0n) is 6.59. The van der Waals surface area contributed by atoms with Gasteiger partial charge in [-0.2, -0.15) is 0 Å². The molecule has 1 aromatic rings. The Kier molecular flexibility index (Phi) is 6.56. The summed E-state index contributed by atoms with van der Waals surface area (Å²) in [6.45, 7) is 1.51. The number of anilines is 1. The molecule has 3 N–H and O–H groups in total. The van der Waals surface area contributed by atoms with Gasteiger partial charge in [0.15, 0.2) is 0 Å². The minimum absolute atomic E-state index is 0. The number of hydrogen-bond acceptors (Lipinski definition) is 2. The summed E-state index contributed by atoms with van der Waals surface area (Å²) < 4.78 is 0. The van der Waals surface area contributed by atoms with Crippen molar-refractivity contribution in [1.29, 1.82) is 0 Å². The Balaban J connectivity index is 0.000001000. The van der Waals surface area contributed by atoms with Crippen LogP contribution >= 0.6 is 0 Å². The van der Waals surface area contributed by atoms with Crippen LogP contribution in [0.5, 0.6) is 0 Å². The summed E-state index contributed by atoms with van der Waals surface area (Å²) >= 11 is 0. The molecule has 11 heavy (non-hydrogen) atoms. The molecule has 0 amide bonds. The van der Waals surface area contributed by atoms with Gasteiger partial charge in [0.2, 0.25) is 0 Å². The van der Waals surface area contributed by atoms with Crippen molar-refractivity contribution in [3.8, 4) is 0 Å². The van der Waals surface area contributed by atoms with E-state index in [1.54, 1.807) is 0 Å². The van der Waals surface area contributed by atoms with Gasteiger partial charge in [-0.05, 0) is 12.1 Å². The molecule has 1 aromatic carbocycles. The average Bonchev–Trinajstić information content (AvgIpc) is 2.03. The van der Waals surface area contributed by atoms with E-state index in [1.807, 2.05) is 30.3 Å². The molecule has 0 unspecified atom stereocenters. The second-order valence-corrected chi connectivity index (χ2v) is 2.08. The predicted octanol–water partition coefficient (Wildman–Crippen LogP) is 1.05. The number of rotatable bonds is 3. The molecular weight excluding hydrogens is 325 g/mol. The van der Waals surface area contributed by atoms with E-state index in [9.17, 15) is 0 Å². The number of nitrogens with two attached hydrogens (primary N) is 1. The normalized spacial score (nSPS) is 8.45. The van der Waals surface area contributed by atoms with Gasteiger partial charge in [0.25, 0.3) is 0 Å². The molecule has 1 rings (SSSR count). The molecule has 56 valence electrons. The van der Waals surface area contributed by atoms with Gasteiger partial charge in [-0.1, -0.05) is 18.2 Å². The van der Waals surface area contributed by atoms with Gasteiger partial charge in [0.05, 0.1) is 0 Å². The van der Waals surface area contributed by atoms with Crippen LogP contribution in [-0.2, 0) is 27.7 Å². The SMILES string of the molecule is NCCNc1ccccc1.[Hg]. The van der Waals surface area contributed by atoms with Gasteiger partial charge >= 0.3 is 0 Å². The molecule has 0 aromatic heterocycles. The Morgan fingerprint density at radius 3 is 2.36 bits per heavy atom. The standard InChI is InChI=1S/C8H12N2.Hg/c9-6-7-10-8-4-2-1-3-5-8;/h1-5,10H,6-7,9H2;. The van der Waals surface area contributed by atoms with E-state index in [0.29, 0.717) is 6.54 Å². The molecule has 0 saturated carbocycles. The molecule has 0 bridgehead atoms. The van der Waals surface area contributed by atoms with Crippen molar-refractivity contribution in [1.82, 2.24) is 0 Å². The summed E-state index contributed by atoms with van der Waals surface area (Å²) in [5.74, 6) is 0. The summed E-state index contributed by atoms with van der Waals surface area (Å²) in [5, 5.41) is 3.17. The van der Waals surface area contributed by atoms with Gasteiger partial charge in [0, 0.05) is 46.4 Å². The van der Waals surface area contributed by atoms with Crippen LogP contribution in [0, 0.1) is 0 Å². The first kappa shape index (κ1) is 10.9.